The van der Waals surface area contributed by atoms with Crippen molar-refractivity contribution in [3.63, 3.8) is 0 Å². The van der Waals surface area contributed by atoms with Gasteiger partial charge in [-0.2, -0.15) is 0 Å². The van der Waals surface area contributed by atoms with E-state index in [2.05, 4.69) is 229 Å². The molecule has 11 rings (SSSR count). The third-order valence-electron chi connectivity index (χ3n) is 13.6. The van der Waals surface area contributed by atoms with Crippen molar-refractivity contribution in [3.8, 4) is 33.4 Å². The summed E-state index contributed by atoms with van der Waals surface area (Å²) in [5, 5.41) is 6.35. The Labute approximate surface area is 364 Å². The highest BCUT2D eigenvalue weighted by Gasteiger charge is 2.45. The van der Waals surface area contributed by atoms with E-state index in [0.29, 0.717) is 0 Å². The normalized spacial score (nSPS) is 14.4. The summed E-state index contributed by atoms with van der Waals surface area (Å²) in [5.74, 6) is 0. The lowest BCUT2D eigenvalue weighted by atomic mass is 9.70. The fourth-order valence-electron chi connectivity index (χ4n) is 10.4. The number of nitrogens with one attached hydrogen (secondary N) is 1. The van der Waals surface area contributed by atoms with Crippen molar-refractivity contribution in [2.24, 2.45) is 0 Å². The fraction of sp³-hybridized carbons (Fsp3) is 0.172. The molecule has 8 aromatic carbocycles. The van der Waals surface area contributed by atoms with Crippen LogP contribution in [0.5, 0.6) is 0 Å². The van der Waals surface area contributed by atoms with Crippen molar-refractivity contribution < 1.29 is 0 Å². The van der Waals surface area contributed by atoms with Gasteiger partial charge in [0.05, 0.1) is 11.4 Å². The molecule has 0 saturated heterocycles. The molecule has 61 heavy (non-hydrogen) atoms. The average Bonchev–Trinajstić information content (AvgIpc) is 3.74. The van der Waals surface area contributed by atoms with E-state index in [1.54, 1.807) is 0 Å². The van der Waals surface area contributed by atoms with Gasteiger partial charge in [0.2, 0.25) is 0 Å². The molecule has 1 aromatic heterocycles. The number of benzene rings is 8. The van der Waals surface area contributed by atoms with Crippen molar-refractivity contribution in [3.05, 3.63) is 198 Å². The van der Waals surface area contributed by atoms with Gasteiger partial charge in [-0.25, -0.2) is 0 Å². The van der Waals surface area contributed by atoms with Gasteiger partial charge in [-0.3, -0.25) is 0 Å². The van der Waals surface area contributed by atoms with Crippen molar-refractivity contribution in [1.29, 1.82) is 0 Å². The lowest BCUT2D eigenvalue weighted by Gasteiger charge is -2.35. The Hall–Kier alpha value is -6.42. The van der Waals surface area contributed by atoms with Crippen LogP contribution in [0.2, 0.25) is 0 Å². The maximum Gasteiger partial charge on any atom is 0.0555 e. The molecule has 0 radical (unpaired) electrons. The highest BCUT2D eigenvalue weighted by atomic mass is 32.1. The summed E-state index contributed by atoms with van der Waals surface area (Å²) in [5.41, 5.74) is 20.0. The minimum atomic E-state index is -0.292. The first kappa shape index (κ1) is 37.6. The molecule has 2 aliphatic rings. The van der Waals surface area contributed by atoms with Gasteiger partial charge in [-0.1, -0.05) is 164 Å². The smallest absolute Gasteiger partial charge is 0.0555 e. The number of fused-ring (bicyclic) bond motifs is 5. The van der Waals surface area contributed by atoms with Crippen molar-refractivity contribution >= 4 is 59.9 Å². The molecule has 9 aromatic rings. The second-order valence-corrected chi connectivity index (χ2v) is 20.1. The zero-order chi connectivity index (χ0) is 41.8. The van der Waals surface area contributed by atoms with E-state index in [1.807, 2.05) is 11.3 Å². The summed E-state index contributed by atoms with van der Waals surface area (Å²) in [6.07, 6.45) is 0. The van der Waals surface area contributed by atoms with Crippen LogP contribution in [0.3, 0.4) is 0 Å². The molecule has 0 fully saturated rings. The van der Waals surface area contributed by atoms with E-state index >= 15 is 0 Å². The van der Waals surface area contributed by atoms with E-state index in [1.165, 1.54) is 92.7 Å². The summed E-state index contributed by atoms with van der Waals surface area (Å²) >= 11 is 1.87. The molecule has 0 aliphatic heterocycles. The minimum Gasteiger partial charge on any atom is -0.355 e. The Morgan fingerprint density at radius 3 is 1.82 bits per heavy atom. The lowest BCUT2D eigenvalue weighted by Crippen LogP contribution is -2.25. The van der Waals surface area contributed by atoms with Gasteiger partial charge >= 0.3 is 0 Å². The second-order valence-electron chi connectivity index (χ2n) is 19.0. The van der Waals surface area contributed by atoms with Crippen LogP contribution in [0.15, 0.2) is 170 Å². The summed E-state index contributed by atoms with van der Waals surface area (Å²) in [6, 6.07) is 63.2. The summed E-state index contributed by atoms with van der Waals surface area (Å²) in [7, 11) is 0. The van der Waals surface area contributed by atoms with Gasteiger partial charge in [0.25, 0.3) is 0 Å². The number of hydrogen-bond acceptors (Lipinski definition) is 3. The Bertz CT molecular complexity index is 3200. The van der Waals surface area contributed by atoms with Gasteiger partial charge in [-0.05, 0) is 110 Å². The molecule has 0 bridgehead atoms. The predicted molar refractivity (Wildman–Crippen MR) is 263 cm³/mol. The van der Waals surface area contributed by atoms with Crippen LogP contribution in [-0.2, 0) is 16.2 Å². The van der Waals surface area contributed by atoms with Gasteiger partial charge in [-0.15, -0.1) is 11.3 Å². The first-order valence-corrected chi connectivity index (χ1v) is 22.4. The zero-order valence-corrected chi connectivity index (χ0v) is 36.8. The van der Waals surface area contributed by atoms with Crippen LogP contribution < -0.4 is 10.2 Å². The first-order chi connectivity index (χ1) is 29.4. The summed E-state index contributed by atoms with van der Waals surface area (Å²) in [4.78, 5) is 2.55. The third kappa shape index (κ3) is 5.74. The summed E-state index contributed by atoms with van der Waals surface area (Å²) < 4.78 is 2.59. The van der Waals surface area contributed by atoms with Crippen molar-refractivity contribution in [2.75, 3.05) is 10.2 Å². The Balaban J connectivity index is 1.16. The van der Waals surface area contributed by atoms with Gasteiger partial charge in [0.15, 0.2) is 0 Å². The zero-order valence-electron chi connectivity index (χ0n) is 36.0. The predicted octanol–water partition coefficient (Wildman–Crippen LogP) is 16.8. The Morgan fingerprint density at radius 1 is 0.492 bits per heavy atom. The van der Waals surface area contributed by atoms with E-state index in [0.717, 1.165) is 17.1 Å². The van der Waals surface area contributed by atoms with Crippen LogP contribution in [0.25, 0.3) is 53.6 Å². The largest absolute Gasteiger partial charge is 0.355 e. The Morgan fingerprint density at radius 2 is 1.08 bits per heavy atom. The topological polar surface area (TPSA) is 15.3 Å². The van der Waals surface area contributed by atoms with Crippen molar-refractivity contribution in [2.45, 2.75) is 64.7 Å². The molecule has 298 valence electrons. The van der Waals surface area contributed by atoms with E-state index in [-0.39, 0.29) is 16.2 Å². The third-order valence-corrected chi connectivity index (χ3v) is 14.7. The van der Waals surface area contributed by atoms with Crippen LogP contribution >= 0.6 is 11.3 Å². The maximum absolute atomic E-state index is 3.78. The van der Waals surface area contributed by atoms with E-state index < -0.39 is 0 Å². The monoisotopic (exact) mass is 806 g/mol. The Kier molecular flexibility index (Phi) is 8.34. The quantitative estimate of drug-likeness (QED) is 0.180. The number of nitrogens with zero attached hydrogens (tertiary/aromatic N) is 1. The molecule has 0 amide bonds. The first-order valence-electron chi connectivity index (χ1n) is 21.6. The molecule has 0 atom stereocenters. The molecular formula is C58H50N2S. The molecule has 1 heterocycles. The highest BCUT2D eigenvalue weighted by molar-refractivity contribution is 7.26. The van der Waals surface area contributed by atoms with Crippen LogP contribution in [-0.4, -0.2) is 0 Å². The molecule has 2 nitrogen and oxygen atoms in total. The number of rotatable bonds is 6. The molecule has 0 spiro atoms. The fourth-order valence-corrected chi connectivity index (χ4v) is 11.5. The van der Waals surface area contributed by atoms with Gasteiger partial charge in [0.1, 0.15) is 0 Å². The lowest BCUT2D eigenvalue weighted by molar-refractivity contribution is 0.576. The molecule has 0 saturated carbocycles. The molecular weight excluding hydrogens is 757 g/mol. The molecule has 0 unspecified atom stereocenters. The summed E-state index contributed by atoms with van der Waals surface area (Å²) in [6.45, 7) is 16.8. The van der Waals surface area contributed by atoms with E-state index in [9.17, 15) is 0 Å². The number of hydrogen-bond donors (Lipinski definition) is 1. The van der Waals surface area contributed by atoms with Gasteiger partial charge < -0.3 is 10.2 Å². The molecule has 2 aliphatic carbocycles. The standard InChI is InChI=1S/C58H50N2S/c1-56(2,3)37-34-45-55-46(35-37)58(6,7)44-23-15-22-42(53(44)55)52-43(57(45,4)5)24-16-26-48(52)60(49-27-17-29-51-54(49)41-21-12-14-28-50(41)61-51)39-32-30-38(31-33-39)59-47-25-13-11-20-40(47)36-18-9-8-10-19-36/h8-35,59H,1-7H3. The maximum atomic E-state index is 3.78. The van der Waals surface area contributed by atoms with Crippen LogP contribution in [0.4, 0.5) is 28.4 Å². The van der Waals surface area contributed by atoms with E-state index in [4.69, 9.17) is 0 Å². The number of para-hydroxylation sites is 1. The molecule has 3 heteroatoms. The van der Waals surface area contributed by atoms with Crippen LogP contribution in [0, 0.1) is 0 Å². The average molecular weight is 807 g/mol. The molecule has 1 N–H and O–H groups in total. The SMILES string of the molecule is CC(C)(C)c1cc2c3c(c1)C(C)(C)c1cccc(N(c4ccc(Nc5ccccc5-c5ccccc5)cc4)c4cccc5sc6ccccc6c45)c1-c1cccc(c1-3)C2(C)C. The second kappa shape index (κ2) is 13.5. The van der Waals surface area contributed by atoms with Crippen LogP contribution in [0.1, 0.15) is 76.3 Å². The number of thiophene rings is 1. The highest BCUT2D eigenvalue weighted by Crippen LogP contribution is 2.61. The van der Waals surface area contributed by atoms with Gasteiger partial charge in [0, 0.05) is 59.2 Å². The number of anilines is 5. The van der Waals surface area contributed by atoms with Crippen molar-refractivity contribution in [1.82, 2.24) is 0 Å². The minimum absolute atomic E-state index is 0.00963.